The molecule has 18 heavy (non-hydrogen) atoms. The number of methoxy groups -OCH3 is 1. The van der Waals surface area contributed by atoms with Crippen LogP contribution >= 0.6 is 11.3 Å². The molecule has 6 heteroatoms. The van der Waals surface area contributed by atoms with Crippen LogP contribution in [0.25, 0.3) is 0 Å². The van der Waals surface area contributed by atoms with Gasteiger partial charge in [-0.3, -0.25) is 0 Å². The van der Waals surface area contributed by atoms with E-state index in [-0.39, 0.29) is 4.21 Å². The first kappa shape index (κ1) is 13.1. The Balaban J connectivity index is 2.16. The number of rotatable bonds is 4. The van der Waals surface area contributed by atoms with Crippen LogP contribution in [0.4, 0.5) is 0 Å². The number of sulfonamides is 1. The van der Waals surface area contributed by atoms with Crippen molar-refractivity contribution in [2.45, 2.75) is 10.6 Å². The lowest BCUT2D eigenvalue weighted by molar-refractivity contribution is 0.414. The molecule has 0 aliphatic heterocycles. The monoisotopic (exact) mass is 283 g/mol. The zero-order chi connectivity index (χ0) is 13.2. The van der Waals surface area contributed by atoms with E-state index >= 15 is 0 Å². The maximum absolute atomic E-state index is 11.2. The van der Waals surface area contributed by atoms with E-state index in [2.05, 4.69) is 0 Å². The van der Waals surface area contributed by atoms with E-state index in [4.69, 9.17) is 9.88 Å². The zero-order valence-corrected chi connectivity index (χ0v) is 11.4. The fraction of sp³-hybridized carbons (Fsp3) is 0.167. The average molecular weight is 283 g/mol. The van der Waals surface area contributed by atoms with Crippen LogP contribution in [0.5, 0.6) is 5.75 Å². The minimum atomic E-state index is -3.59. The minimum absolute atomic E-state index is 0.200. The van der Waals surface area contributed by atoms with Gasteiger partial charge in [-0.15, -0.1) is 11.3 Å². The van der Waals surface area contributed by atoms with E-state index in [1.54, 1.807) is 19.2 Å². The number of hydrogen-bond donors (Lipinski definition) is 1. The Morgan fingerprint density at radius 3 is 2.33 bits per heavy atom. The number of thiophene rings is 1. The molecule has 0 aliphatic carbocycles. The second-order valence-corrected chi connectivity index (χ2v) is 6.75. The first-order valence-corrected chi connectivity index (χ1v) is 7.60. The third kappa shape index (κ3) is 3.10. The molecule has 96 valence electrons. The molecule has 0 spiro atoms. The van der Waals surface area contributed by atoms with Gasteiger partial charge < -0.3 is 4.74 Å². The van der Waals surface area contributed by atoms with Crippen molar-refractivity contribution in [1.29, 1.82) is 0 Å². The summed E-state index contributed by atoms with van der Waals surface area (Å²) in [6.45, 7) is 0. The van der Waals surface area contributed by atoms with Gasteiger partial charge in [0, 0.05) is 11.3 Å². The van der Waals surface area contributed by atoms with E-state index in [1.807, 2.05) is 24.3 Å². The van der Waals surface area contributed by atoms with Crippen molar-refractivity contribution in [2.24, 2.45) is 5.14 Å². The van der Waals surface area contributed by atoms with Crippen molar-refractivity contribution in [3.05, 3.63) is 46.8 Å². The van der Waals surface area contributed by atoms with E-state index < -0.39 is 10.0 Å². The van der Waals surface area contributed by atoms with Gasteiger partial charge in [0.05, 0.1) is 7.11 Å². The summed E-state index contributed by atoms with van der Waals surface area (Å²) < 4.78 is 27.6. The Morgan fingerprint density at radius 2 is 1.83 bits per heavy atom. The van der Waals surface area contributed by atoms with Gasteiger partial charge in [-0.1, -0.05) is 12.1 Å². The van der Waals surface area contributed by atoms with Gasteiger partial charge in [0.1, 0.15) is 9.96 Å². The van der Waals surface area contributed by atoms with Crippen molar-refractivity contribution in [3.8, 4) is 5.75 Å². The third-order valence-corrected chi connectivity index (χ3v) is 4.98. The summed E-state index contributed by atoms with van der Waals surface area (Å²) in [5.41, 5.74) is 1.10. The van der Waals surface area contributed by atoms with Crippen molar-refractivity contribution in [1.82, 2.24) is 0 Å². The Labute approximate surface area is 110 Å². The normalized spacial score (nSPS) is 11.4. The van der Waals surface area contributed by atoms with Gasteiger partial charge in [-0.2, -0.15) is 0 Å². The topological polar surface area (TPSA) is 69.4 Å². The van der Waals surface area contributed by atoms with Gasteiger partial charge in [-0.25, -0.2) is 13.6 Å². The van der Waals surface area contributed by atoms with Crippen LogP contribution in [-0.4, -0.2) is 15.5 Å². The Bertz CT molecular complexity index is 630. The molecule has 2 rings (SSSR count). The van der Waals surface area contributed by atoms with Gasteiger partial charge in [0.15, 0.2) is 0 Å². The number of ether oxygens (including phenoxy) is 1. The summed E-state index contributed by atoms with van der Waals surface area (Å²) in [4.78, 5) is 0.962. The predicted molar refractivity (Wildman–Crippen MR) is 71.5 cm³/mol. The molecule has 0 amide bonds. The molecule has 1 aromatic carbocycles. The molecule has 0 radical (unpaired) electrons. The fourth-order valence-electron chi connectivity index (χ4n) is 1.55. The van der Waals surface area contributed by atoms with Crippen LogP contribution in [-0.2, 0) is 16.4 Å². The van der Waals surface area contributed by atoms with Crippen molar-refractivity contribution >= 4 is 21.4 Å². The lowest BCUT2D eigenvalue weighted by Gasteiger charge is -2.01. The van der Waals surface area contributed by atoms with Gasteiger partial charge >= 0.3 is 0 Å². The molecular formula is C12H13NO3S2. The zero-order valence-electron chi connectivity index (χ0n) is 9.79. The number of nitrogens with two attached hydrogens (primary N) is 1. The van der Waals surface area contributed by atoms with Crippen molar-refractivity contribution < 1.29 is 13.2 Å². The van der Waals surface area contributed by atoms with Gasteiger partial charge in [0.2, 0.25) is 10.0 Å². The van der Waals surface area contributed by atoms with E-state index in [0.29, 0.717) is 6.42 Å². The number of hydrogen-bond acceptors (Lipinski definition) is 4. The van der Waals surface area contributed by atoms with Crippen LogP contribution in [0.1, 0.15) is 10.4 Å². The molecule has 1 aromatic heterocycles. The molecule has 0 saturated carbocycles. The quantitative estimate of drug-likeness (QED) is 0.933. The fourth-order valence-corrected chi connectivity index (χ4v) is 3.36. The molecule has 0 bridgehead atoms. The molecule has 0 unspecified atom stereocenters. The molecule has 4 nitrogen and oxygen atoms in total. The molecule has 2 aromatic rings. The highest BCUT2D eigenvalue weighted by molar-refractivity contribution is 7.91. The Morgan fingerprint density at radius 1 is 1.17 bits per heavy atom. The Kier molecular flexibility index (Phi) is 3.70. The minimum Gasteiger partial charge on any atom is -0.497 e. The standard InChI is InChI=1S/C12H13NO3S2/c1-16-10-4-2-9(3-5-10)8-11-6-7-12(17-11)18(13,14)15/h2-7H,8H2,1H3,(H2,13,14,15). The summed E-state index contributed by atoms with van der Waals surface area (Å²) in [5, 5.41) is 5.07. The molecule has 0 saturated heterocycles. The molecule has 0 fully saturated rings. The highest BCUT2D eigenvalue weighted by Crippen LogP contribution is 2.23. The molecule has 2 N–H and O–H groups in total. The average Bonchev–Trinajstić information content (AvgIpc) is 2.78. The number of primary sulfonamides is 1. The van der Waals surface area contributed by atoms with Crippen LogP contribution < -0.4 is 9.88 Å². The van der Waals surface area contributed by atoms with Crippen LogP contribution in [0.3, 0.4) is 0 Å². The van der Waals surface area contributed by atoms with E-state index in [9.17, 15) is 8.42 Å². The summed E-state index contributed by atoms with van der Waals surface area (Å²) in [6.07, 6.45) is 0.685. The van der Waals surface area contributed by atoms with E-state index in [0.717, 1.165) is 16.2 Å². The maximum Gasteiger partial charge on any atom is 0.247 e. The lowest BCUT2D eigenvalue weighted by atomic mass is 10.1. The first-order valence-electron chi connectivity index (χ1n) is 5.23. The Hall–Kier alpha value is -1.37. The summed E-state index contributed by atoms with van der Waals surface area (Å²) in [5.74, 6) is 0.801. The molecule has 0 aliphatic rings. The lowest BCUT2D eigenvalue weighted by Crippen LogP contribution is -2.09. The highest BCUT2D eigenvalue weighted by atomic mass is 32.2. The van der Waals surface area contributed by atoms with Crippen LogP contribution in [0, 0.1) is 0 Å². The second kappa shape index (κ2) is 5.09. The van der Waals surface area contributed by atoms with E-state index in [1.165, 1.54) is 11.3 Å². The summed E-state index contributed by atoms with van der Waals surface area (Å²) in [6, 6.07) is 11.0. The van der Waals surface area contributed by atoms with Gasteiger partial charge in [-0.05, 0) is 29.8 Å². The highest BCUT2D eigenvalue weighted by Gasteiger charge is 2.11. The largest absolute Gasteiger partial charge is 0.497 e. The predicted octanol–water partition coefficient (Wildman–Crippen LogP) is 1.99. The third-order valence-electron chi connectivity index (χ3n) is 2.45. The summed E-state index contributed by atoms with van der Waals surface area (Å²) in [7, 11) is -1.97. The smallest absolute Gasteiger partial charge is 0.247 e. The van der Waals surface area contributed by atoms with Crippen molar-refractivity contribution in [3.63, 3.8) is 0 Å². The second-order valence-electron chi connectivity index (χ2n) is 3.79. The number of benzene rings is 1. The maximum atomic E-state index is 11.2. The SMILES string of the molecule is COc1ccc(Cc2ccc(S(N)(=O)=O)s2)cc1. The van der Waals surface area contributed by atoms with Crippen molar-refractivity contribution in [2.75, 3.05) is 7.11 Å². The molecule has 1 heterocycles. The first-order chi connectivity index (χ1) is 8.49. The van der Waals surface area contributed by atoms with Crippen LogP contribution in [0.2, 0.25) is 0 Å². The van der Waals surface area contributed by atoms with Gasteiger partial charge in [0.25, 0.3) is 0 Å². The van der Waals surface area contributed by atoms with Crippen LogP contribution in [0.15, 0.2) is 40.6 Å². The molecule has 0 atom stereocenters. The molecular weight excluding hydrogens is 270 g/mol. The summed E-state index contributed by atoms with van der Waals surface area (Å²) >= 11 is 1.20.